The number of aromatic nitrogens is 2. The Morgan fingerprint density at radius 3 is 2.26 bits per heavy atom. The third-order valence-electron chi connectivity index (χ3n) is 5.72. The number of hydrogen-bond acceptors (Lipinski definition) is 4. The number of benzene rings is 3. The standard InChI is InChI=1S/C28H22FN3OS/c29-23-13-14-25-26(16-23)34-28(31-25)32(19-20-8-7-15-30-18-20)27(33)17-24(21-9-3-1-4-10-21)22-11-5-2-6-12-22/h1-16,18,24H,17,19H2. The number of halogens is 1. The lowest BCUT2D eigenvalue weighted by molar-refractivity contribution is -0.119. The highest BCUT2D eigenvalue weighted by Crippen LogP contribution is 2.34. The van der Waals surface area contributed by atoms with Crippen LogP contribution in [0, 0.1) is 5.82 Å². The van der Waals surface area contributed by atoms with Crippen LogP contribution in [0.2, 0.25) is 0 Å². The lowest BCUT2D eigenvalue weighted by atomic mass is 9.88. The number of rotatable bonds is 7. The van der Waals surface area contributed by atoms with Gasteiger partial charge in [0.05, 0.1) is 16.8 Å². The fourth-order valence-electron chi connectivity index (χ4n) is 4.02. The minimum absolute atomic E-state index is 0.0545. The third kappa shape index (κ3) is 4.87. The number of nitrogens with zero attached hydrogens (tertiary/aromatic N) is 3. The molecule has 0 atom stereocenters. The molecule has 6 heteroatoms. The molecular formula is C28H22FN3OS. The van der Waals surface area contributed by atoms with Crippen molar-refractivity contribution in [2.75, 3.05) is 4.90 Å². The van der Waals surface area contributed by atoms with Crippen molar-refractivity contribution in [3.63, 3.8) is 0 Å². The van der Waals surface area contributed by atoms with Crippen LogP contribution in [0.3, 0.4) is 0 Å². The van der Waals surface area contributed by atoms with Gasteiger partial charge in [-0.15, -0.1) is 0 Å². The Bertz CT molecular complexity index is 1350. The van der Waals surface area contributed by atoms with Crippen molar-refractivity contribution < 1.29 is 9.18 Å². The third-order valence-corrected chi connectivity index (χ3v) is 6.76. The van der Waals surface area contributed by atoms with Crippen molar-refractivity contribution in [3.05, 3.63) is 126 Å². The van der Waals surface area contributed by atoms with Gasteiger partial charge in [0.1, 0.15) is 5.82 Å². The molecule has 0 saturated heterocycles. The summed E-state index contributed by atoms with van der Waals surface area (Å²) in [6.45, 7) is 0.339. The molecule has 2 heterocycles. The van der Waals surface area contributed by atoms with Crippen LogP contribution in [0.15, 0.2) is 103 Å². The van der Waals surface area contributed by atoms with E-state index >= 15 is 0 Å². The number of amides is 1. The maximum atomic E-state index is 13.8. The molecule has 3 aromatic carbocycles. The summed E-state index contributed by atoms with van der Waals surface area (Å²) in [7, 11) is 0. The van der Waals surface area contributed by atoms with E-state index in [2.05, 4.69) is 34.2 Å². The molecule has 0 bridgehead atoms. The first kappa shape index (κ1) is 21.9. The van der Waals surface area contributed by atoms with Crippen molar-refractivity contribution in [2.45, 2.75) is 18.9 Å². The molecule has 0 aliphatic carbocycles. The predicted molar refractivity (Wildman–Crippen MR) is 134 cm³/mol. The van der Waals surface area contributed by atoms with Gasteiger partial charge in [-0.25, -0.2) is 9.37 Å². The van der Waals surface area contributed by atoms with Crippen molar-refractivity contribution in [2.24, 2.45) is 0 Å². The molecule has 0 unspecified atom stereocenters. The summed E-state index contributed by atoms with van der Waals surface area (Å²) in [6.07, 6.45) is 3.73. The summed E-state index contributed by atoms with van der Waals surface area (Å²) in [5.74, 6) is -0.472. The number of hydrogen-bond donors (Lipinski definition) is 0. The van der Waals surface area contributed by atoms with E-state index in [1.165, 1.54) is 23.5 Å². The van der Waals surface area contributed by atoms with E-state index in [4.69, 9.17) is 0 Å². The van der Waals surface area contributed by atoms with E-state index in [9.17, 15) is 9.18 Å². The summed E-state index contributed by atoms with van der Waals surface area (Å²) < 4.78 is 14.5. The van der Waals surface area contributed by atoms with Crippen LogP contribution in [0.1, 0.15) is 29.0 Å². The van der Waals surface area contributed by atoms with Gasteiger partial charge in [0, 0.05) is 24.7 Å². The molecule has 4 nitrogen and oxygen atoms in total. The SMILES string of the molecule is O=C(CC(c1ccccc1)c1ccccc1)N(Cc1cccnc1)c1nc2ccc(F)cc2s1. The van der Waals surface area contributed by atoms with Crippen LogP contribution in [0.4, 0.5) is 9.52 Å². The molecule has 34 heavy (non-hydrogen) atoms. The Labute approximate surface area is 201 Å². The minimum atomic E-state index is -0.318. The van der Waals surface area contributed by atoms with E-state index < -0.39 is 0 Å². The number of anilines is 1. The zero-order valence-corrected chi connectivity index (χ0v) is 19.2. The molecule has 5 aromatic rings. The molecule has 0 spiro atoms. The van der Waals surface area contributed by atoms with E-state index in [1.54, 1.807) is 23.4 Å². The minimum Gasteiger partial charge on any atom is -0.284 e. The molecule has 168 valence electrons. The van der Waals surface area contributed by atoms with Crippen LogP contribution in [0.25, 0.3) is 10.2 Å². The van der Waals surface area contributed by atoms with Gasteiger partial charge in [0.2, 0.25) is 5.91 Å². The van der Waals surface area contributed by atoms with Crippen LogP contribution >= 0.6 is 11.3 Å². The summed E-state index contributed by atoms with van der Waals surface area (Å²) in [5.41, 5.74) is 3.73. The average molecular weight is 468 g/mol. The summed E-state index contributed by atoms with van der Waals surface area (Å²) in [5, 5.41) is 0.550. The maximum absolute atomic E-state index is 13.8. The Morgan fingerprint density at radius 1 is 0.912 bits per heavy atom. The second kappa shape index (κ2) is 9.93. The van der Waals surface area contributed by atoms with Crippen LogP contribution in [-0.4, -0.2) is 15.9 Å². The van der Waals surface area contributed by atoms with E-state index in [0.29, 0.717) is 21.9 Å². The fourth-order valence-corrected chi connectivity index (χ4v) is 5.03. The van der Waals surface area contributed by atoms with Gasteiger partial charge in [-0.3, -0.25) is 14.7 Å². The zero-order chi connectivity index (χ0) is 23.3. The molecule has 5 rings (SSSR count). The lowest BCUT2D eigenvalue weighted by Gasteiger charge is -2.24. The molecule has 0 radical (unpaired) electrons. The van der Waals surface area contributed by atoms with Crippen LogP contribution in [-0.2, 0) is 11.3 Å². The van der Waals surface area contributed by atoms with Crippen LogP contribution in [0.5, 0.6) is 0 Å². The smallest absolute Gasteiger partial charge is 0.230 e. The molecule has 0 N–H and O–H groups in total. The number of carbonyl (C=O) groups is 1. The van der Waals surface area contributed by atoms with Gasteiger partial charge >= 0.3 is 0 Å². The number of pyridine rings is 1. The normalized spacial score (nSPS) is 11.1. The largest absolute Gasteiger partial charge is 0.284 e. The monoisotopic (exact) mass is 467 g/mol. The van der Waals surface area contributed by atoms with Gasteiger partial charge in [0.25, 0.3) is 0 Å². The van der Waals surface area contributed by atoms with Gasteiger partial charge in [-0.05, 0) is 41.0 Å². The van der Waals surface area contributed by atoms with Crippen LogP contribution < -0.4 is 4.90 Å². The van der Waals surface area contributed by atoms with E-state index in [1.807, 2.05) is 48.5 Å². The molecule has 0 aliphatic heterocycles. The fraction of sp³-hybridized carbons (Fsp3) is 0.107. The second-order valence-corrected chi connectivity index (χ2v) is 9.04. The Morgan fingerprint density at radius 2 is 1.62 bits per heavy atom. The first-order valence-corrected chi connectivity index (χ1v) is 11.8. The second-order valence-electron chi connectivity index (χ2n) is 8.03. The highest BCUT2D eigenvalue weighted by molar-refractivity contribution is 7.22. The number of fused-ring (bicyclic) bond motifs is 1. The lowest BCUT2D eigenvalue weighted by Crippen LogP contribution is -2.31. The quantitative estimate of drug-likeness (QED) is 0.271. The van der Waals surface area contributed by atoms with Crippen molar-refractivity contribution >= 4 is 32.6 Å². The Balaban J connectivity index is 1.52. The van der Waals surface area contributed by atoms with Gasteiger partial charge in [-0.2, -0.15) is 0 Å². The molecule has 0 aliphatic rings. The molecule has 2 aromatic heterocycles. The van der Waals surface area contributed by atoms with Gasteiger partial charge in [-0.1, -0.05) is 78.1 Å². The van der Waals surface area contributed by atoms with E-state index in [0.717, 1.165) is 16.7 Å². The molecular weight excluding hydrogens is 445 g/mol. The molecule has 0 fully saturated rings. The van der Waals surface area contributed by atoms with Gasteiger partial charge < -0.3 is 0 Å². The average Bonchev–Trinajstić information content (AvgIpc) is 3.30. The molecule has 0 saturated carbocycles. The topological polar surface area (TPSA) is 46.1 Å². The van der Waals surface area contributed by atoms with Crippen molar-refractivity contribution in [1.29, 1.82) is 0 Å². The number of thiazole rings is 1. The summed E-state index contributed by atoms with van der Waals surface area (Å²) in [4.78, 5) is 24.4. The Hall–Kier alpha value is -3.90. The summed E-state index contributed by atoms with van der Waals surface area (Å²) >= 11 is 1.32. The first-order valence-electron chi connectivity index (χ1n) is 11.0. The maximum Gasteiger partial charge on any atom is 0.230 e. The van der Waals surface area contributed by atoms with Gasteiger partial charge in [0.15, 0.2) is 5.13 Å². The first-order chi connectivity index (χ1) is 16.7. The molecule has 1 amide bonds. The zero-order valence-electron chi connectivity index (χ0n) is 18.3. The highest BCUT2D eigenvalue weighted by Gasteiger charge is 2.25. The van der Waals surface area contributed by atoms with E-state index in [-0.39, 0.29) is 24.1 Å². The predicted octanol–water partition coefficient (Wildman–Crippen LogP) is 6.59. The van der Waals surface area contributed by atoms with Crippen molar-refractivity contribution in [3.8, 4) is 0 Å². The highest BCUT2D eigenvalue weighted by atomic mass is 32.1. The van der Waals surface area contributed by atoms with Crippen molar-refractivity contribution in [1.82, 2.24) is 9.97 Å². The Kier molecular flexibility index (Phi) is 6.40. The number of carbonyl (C=O) groups excluding carboxylic acids is 1. The summed E-state index contributed by atoms with van der Waals surface area (Å²) in [6, 6.07) is 28.4.